The van der Waals surface area contributed by atoms with Gasteiger partial charge in [-0.25, -0.2) is 0 Å². The molecule has 0 aromatic heterocycles. The monoisotopic (exact) mass is 507 g/mol. The van der Waals surface area contributed by atoms with Crippen LogP contribution in [0.5, 0.6) is 5.75 Å². The number of ether oxygens (including phenoxy) is 1. The maximum Gasteiger partial charge on any atom is 0.270 e. The maximum atomic E-state index is 13.7. The first-order chi connectivity index (χ1) is 17.4. The topological polar surface area (TPSA) is 75.9 Å². The highest BCUT2D eigenvalue weighted by Gasteiger charge is 2.30. The van der Waals surface area contributed by atoms with Crippen molar-refractivity contribution in [2.45, 2.75) is 38.9 Å². The minimum absolute atomic E-state index is 0.0300. The molecule has 4 rings (SSSR count). The van der Waals surface area contributed by atoms with E-state index in [-0.39, 0.29) is 28.2 Å². The summed E-state index contributed by atoms with van der Waals surface area (Å²) >= 11 is 6.35. The summed E-state index contributed by atoms with van der Waals surface area (Å²) in [6, 6.07) is 22.2. The van der Waals surface area contributed by atoms with E-state index in [1.165, 1.54) is 23.8 Å². The summed E-state index contributed by atoms with van der Waals surface area (Å²) in [5, 5.41) is 11.2. The highest BCUT2D eigenvalue weighted by Crippen LogP contribution is 2.28. The molecule has 36 heavy (non-hydrogen) atoms. The number of likely N-dealkylation sites (tertiary alicyclic amines) is 1. The fourth-order valence-corrected chi connectivity index (χ4v) is 4.85. The number of amides is 1. The standard InChI is InChI=1S/C28H30ClN3O4/c1-2-36-25-11-8-22(9-12-25)20-31(28(33)26-13-10-24(32(34)35)18-27(26)29)23-14-16-30(17-15-23)19-21-6-4-3-5-7-21/h3-13,18,23H,2,14-17,19-20H2,1H3. The second kappa shape index (κ2) is 12.0. The van der Waals surface area contributed by atoms with Crippen LogP contribution in [0.1, 0.15) is 41.3 Å². The van der Waals surface area contributed by atoms with E-state index in [2.05, 4.69) is 17.0 Å². The minimum atomic E-state index is -0.514. The van der Waals surface area contributed by atoms with Crippen molar-refractivity contribution in [1.29, 1.82) is 0 Å². The average molecular weight is 508 g/mol. The third-order valence-electron chi connectivity index (χ3n) is 6.49. The Morgan fingerprint density at radius 3 is 2.36 bits per heavy atom. The van der Waals surface area contributed by atoms with Crippen molar-refractivity contribution >= 4 is 23.2 Å². The molecule has 1 saturated heterocycles. The van der Waals surface area contributed by atoms with Gasteiger partial charge in [-0.2, -0.15) is 0 Å². The van der Waals surface area contributed by atoms with Gasteiger partial charge in [0.2, 0.25) is 0 Å². The normalized spacial score (nSPS) is 14.4. The van der Waals surface area contributed by atoms with Crippen molar-refractivity contribution in [3.05, 3.63) is 105 Å². The van der Waals surface area contributed by atoms with Gasteiger partial charge in [-0.15, -0.1) is 0 Å². The van der Waals surface area contributed by atoms with Crippen molar-refractivity contribution < 1.29 is 14.5 Å². The minimum Gasteiger partial charge on any atom is -0.494 e. The van der Waals surface area contributed by atoms with Crippen molar-refractivity contribution in [2.75, 3.05) is 19.7 Å². The molecule has 1 amide bonds. The van der Waals surface area contributed by atoms with Crippen molar-refractivity contribution in [2.24, 2.45) is 0 Å². The quantitative estimate of drug-likeness (QED) is 0.264. The zero-order valence-electron chi connectivity index (χ0n) is 20.3. The number of carbonyl (C=O) groups is 1. The molecule has 1 heterocycles. The number of nitro groups is 1. The molecule has 3 aromatic carbocycles. The van der Waals surface area contributed by atoms with Crippen LogP contribution in [0, 0.1) is 10.1 Å². The summed E-state index contributed by atoms with van der Waals surface area (Å²) in [6.07, 6.45) is 1.67. The van der Waals surface area contributed by atoms with Crippen LogP contribution in [0.15, 0.2) is 72.8 Å². The Labute approximate surface area is 216 Å². The number of piperidine rings is 1. The van der Waals surface area contributed by atoms with Crippen molar-refractivity contribution in [1.82, 2.24) is 9.80 Å². The number of halogens is 1. The van der Waals surface area contributed by atoms with E-state index in [1.54, 1.807) is 0 Å². The highest BCUT2D eigenvalue weighted by molar-refractivity contribution is 6.34. The maximum absolute atomic E-state index is 13.7. The van der Waals surface area contributed by atoms with Gasteiger partial charge >= 0.3 is 0 Å². The van der Waals surface area contributed by atoms with E-state index in [0.29, 0.717) is 13.2 Å². The SMILES string of the molecule is CCOc1ccc(CN(C(=O)c2ccc([N+](=O)[O-])cc2Cl)C2CCN(Cc3ccccc3)CC2)cc1. The predicted octanol–water partition coefficient (Wildman–Crippen LogP) is 5.95. The number of nitrogens with zero attached hydrogens (tertiary/aromatic N) is 3. The van der Waals surface area contributed by atoms with Gasteiger partial charge in [-0.3, -0.25) is 19.8 Å². The zero-order valence-corrected chi connectivity index (χ0v) is 21.1. The van der Waals surface area contributed by atoms with E-state index in [0.717, 1.165) is 43.8 Å². The number of hydrogen-bond acceptors (Lipinski definition) is 5. The first kappa shape index (κ1) is 25.7. The van der Waals surface area contributed by atoms with Crippen LogP contribution in [0.3, 0.4) is 0 Å². The summed E-state index contributed by atoms with van der Waals surface area (Å²) < 4.78 is 5.55. The van der Waals surface area contributed by atoms with Gasteiger partial charge in [0, 0.05) is 44.4 Å². The molecule has 188 valence electrons. The molecule has 1 aliphatic heterocycles. The molecule has 1 fully saturated rings. The number of rotatable bonds is 9. The smallest absolute Gasteiger partial charge is 0.270 e. The third kappa shape index (κ3) is 6.42. The molecule has 0 atom stereocenters. The lowest BCUT2D eigenvalue weighted by Crippen LogP contribution is -2.47. The van der Waals surface area contributed by atoms with Gasteiger partial charge in [0.05, 0.1) is 22.1 Å². The number of benzene rings is 3. The van der Waals surface area contributed by atoms with Crippen molar-refractivity contribution in [3.8, 4) is 5.75 Å². The summed E-state index contributed by atoms with van der Waals surface area (Å²) in [5.41, 5.74) is 2.40. The summed E-state index contributed by atoms with van der Waals surface area (Å²) in [6.45, 7) is 5.58. The number of non-ortho nitro benzene ring substituents is 1. The van der Waals surface area contributed by atoms with Gasteiger partial charge in [-0.05, 0) is 49.1 Å². The van der Waals surface area contributed by atoms with Crippen LogP contribution in [0.2, 0.25) is 5.02 Å². The zero-order chi connectivity index (χ0) is 25.5. The van der Waals surface area contributed by atoms with E-state index < -0.39 is 4.92 Å². The second-order valence-corrected chi connectivity index (χ2v) is 9.33. The van der Waals surface area contributed by atoms with Crippen LogP contribution in [-0.4, -0.2) is 46.4 Å². The lowest BCUT2D eigenvalue weighted by atomic mass is 10.00. The Morgan fingerprint density at radius 1 is 1.06 bits per heavy atom. The van der Waals surface area contributed by atoms with E-state index >= 15 is 0 Å². The molecule has 1 aliphatic rings. The van der Waals surface area contributed by atoms with Gasteiger partial charge < -0.3 is 9.64 Å². The first-order valence-corrected chi connectivity index (χ1v) is 12.6. The molecule has 0 bridgehead atoms. The lowest BCUT2D eigenvalue weighted by Gasteiger charge is -2.39. The molecule has 0 saturated carbocycles. The summed E-state index contributed by atoms with van der Waals surface area (Å²) in [4.78, 5) is 28.6. The molecule has 0 unspecified atom stereocenters. The molecule has 0 radical (unpaired) electrons. The first-order valence-electron chi connectivity index (χ1n) is 12.2. The Bertz CT molecular complexity index is 1180. The molecular formula is C28H30ClN3O4. The van der Waals surface area contributed by atoms with Crippen LogP contribution in [0.25, 0.3) is 0 Å². The summed E-state index contributed by atoms with van der Waals surface area (Å²) in [7, 11) is 0. The molecule has 7 nitrogen and oxygen atoms in total. The third-order valence-corrected chi connectivity index (χ3v) is 6.80. The predicted molar refractivity (Wildman–Crippen MR) is 140 cm³/mol. The van der Waals surface area contributed by atoms with Gasteiger partial charge in [-0.1, -0.05) is 54.1 Å². The average Bonchev–Trinajstić information content (AvgIpc) is 2.89. The van der Waals surface area contributed by atoms with Gasteiger partial charge in [0.15, 0.2) is 0 Å². The Kier molecular flexibility index (Phi) is 8.57. The molecule has 0 spiro atoms. The van der Waals surface area contributed by atoms with Crippen LogP contribution >= 0.6 is 11.6 Å². The van der Waals surface area contributed by atoms with Gasteiger partial charge in [0.1, 0.15) is 5.75 Å². The van der Waals surface area contributed by atoms with E-state index in [1.807, 2.05) is 54.3 Å². The Hall–Kier alpha value is -3.42. The molecule has 0 N–H and O–H groups in total. The molecular weight excluding hydrogens is 478 g/mol. The van der Waals surface area contributed by atoms with Crippen molar-refractivity contribution in [3.63, 3.8) is 0 Å². The number of nitro benzene ring substituents is 1. The number of hydrogen-bond donors (Lipinski definition) is 0. The van der Waals surface area contributed by atoms with E-state index in [9.17, 15) is 14.9 Å². The molecule has 3 aromatic rings. The second-order valence-electron chi connectivity index (χ2n) is 8.92. The molecule has 8 heteroatoms. The van der Waals surface area contributed by atoms with Gasteiger partial charge in [0.25, 0.3) is 11.6 Å². The van der Waals surface area contributed by atoms with E-state index in [4.69, 9.17) is 16.3 Å². The summed E-state index contributed by atoms with van der Waals surface area (Å²) in [5.74, 6) is 0.567. The largest absolute Gasteiger partial charge is 0.494 e. The number of carbonyl (C=O) groups excluding carboxylic acids is 1. The lowest BCUT2D eigenvalue weighted by molar-refractivity contribution is -0.384. The van der Waals surface area contributed by atoms with Crippen LogP contribution in [-0.2, 0) is 13.1 Å². The van der Waals surface area contributed by atoms with Crippen LogP contribution < -0.4 is 4.74 Å². The molecule has 0 aliphatic carbocycles. The Morgan fingerprint density at radius 2 is 1.75 bits per heavy atom. The van der Waals surface area contributed by atoms with Crippen LogP contribution in [0.4, 0.5) is 5.69 Å². The highest BCUT2D eigenvalue weighted by atomic mass is 35.5. The fraction of sp³-hybridized carbons (Fsp3) is 0.321. The Balaban J connectivity index is 1.53. The fourth-order valence-electron chi connectivity index (χ4n) is 4.60.